The molecule has 1 N–H and O–H groups in total. The van der Waals surface area contributed by atoms with Gasteiger partial charge in [-0.15, -0.1) is 0 Å². The van der Waals surface area contributed by atoms with Gasteiger partial charge in [-0.3, -0.25) is 9.59 Å². The van der Waals surface area contributed by atoms with Crippen molar-refractivity contribution in [2.75, 3.05) is 0 Å². The molecule has 0 aliphatic rings. The number of carboxylic acid groups (broad SMARTS) is 1. The molecule has 0 aromatic carbocycles. The van der Waals surface area contributed by atoms with Crippen molar-refractivity contribution in [1.29, 1.82) is 0 Å². The van der Waals surface area contributed by atoms with Crippen molar-refractivity contribution < 1.29 is 24.2 Å². The third kappa shape index (κ3) is 8.65. The quantitative estimate of drug-likeness (QED) is 0.400. The van der Waals surface area contributed by atoms with Gasteiger partial charge in [-0.2, -0.15) is 0 Å². The Labute approximate surface area is 119 Å². The Bertz CT molecular complexity index is 241. The van der Waals surface area contributed by atoms with Crippen LogP contribution >= 0.6 is 0 Å². The molecule has 0 rings (SSSR count). The number of carbonyl (C=O) groups excluding carboxylic acids is 1. The van der Waals surface area contributed by atoms with Crippen LogP contribution < -0.4 is 0 Å². The minimum absolute atomic E-state index is 0. The molecule has 0 aromatic rings. The number of rotatable bonds is 8. The molecule has 0 aliphatic heterocycles. The van der Waals surface area contributed by atoms with E-state index in [0.29, 0.717) is 0 Å². The van der Waals surface area contributed by atoms with E-state index >= 15 is 0 Å². The molecule has 1 atom stereocenters. The van der Waals surface area contributed by atoms with E-state index in [0.717, 1.165) is 0 Å². The molecule has 1 unspecified atom stereocenters. The second-order valence-electron chi connectivity index (χ2n) is 4.54. The fourth-order valence-corrected chi connectivity index (χ4v) is 1.38. The fraction of sp³-hybridized carbons (Fsp3) is 0.833. The number of carboxylic acids is 1. The van der Waals surface area contributed by atoms with Gasteiger partial charge in [0.2, 0.25) is 0 Å². The average Bonchev–Trinajstić information content (AvgIpc) is 2.10. The van der Waals surface area contributed by atoms with Gasteiger partial charge in [-0.05, 0) is 34.6 Å². The number of carbonyl (C=O) groups is 2. The molecule has 6 heteroatoms. The van der Waals surface area contributed by atoms with Crippen molar-refractivity contribution in [3.63, 3.8) is 0 Å². The van der Waals surface area contributed by atoms with Crippen LogP contribution in [0.15, 0.2) is 0 Å². The summed E-state index contributed by atoms with van der Waals surface area (Å²) >= 11 is 0. The zero-order valence-corrected chi connectivity index (χ0v) is 11.1. The Morgan fingerprint density at radius 1 is 1.06 bits per heavy atom. The summed E-state index contributed by atoms with van der Waals surface area (Å²) in [6.07, 6.45) is -0.790. The van der Waals surface area contributed by atoms with E-state index in [4.69, 9.17) is 14.6 Å². The molecule has 0 heterocycles. The summed E-state index contributed by atoms with van der Waals surface area (Å²) in [5.41, 5.74) is 0. The highest BCUT2D eigenvalue weighted by Gasteiger charge is 2.28. The molecule has 0 fully saturated rings. The van der Waals surface area contributed by atoms with Crippen LogP contribution in [0.3, 0.4) is 0 Å². The Morgan fingerprint density at radius 3 is 1.67 bits per heavy atom. The first kappa shape index (κ1) is 19.9. The van der Waals surface area contributed by atoms with Gasteiger partial charge in [0.1, 0.15) is 11.7 Å². The smallest absolute Gasteiger partial charge is 0.314 e. The molecule has 0 bridgehead atoms. The number of hydrogen-bond donors (Lipinski definition) is 1. The first-order valence-electron chi connectivity index (χ1n) is 5.78. The van der Waals surface area contributed by atoms with Gasteiger partial charge in [0.05, 0.1) is 12.2 Å². The third-order valence-electron chi connectivity index (χ3n) is 2.06. The van der Waals surface area contributed by atoms with Crippen molar-refractivity contribution in [2.45, 2.75) is 59.5 Å². The van der Waals surface area contributed by atoms with Gasteiger partial charge < -0.3 is 14.6 Å². The number of aliphatic carboxylic acids is 1. The highest BCUT2D eigenvalue weighted by Crippen LogP contribution is 2.16. The first-order valence-corrected chi connectivity index (χ1v) is 5.78. The highest BCUT2D eigenvalue weighted by molar-refractivity contribution is 5.96. The minimum Gasteiger partial charge on any atom is -0.481 e. The largest absolute Gasteiger partial charge is 0.481 e. The lowest BCUT2D eigenvalue weighted by molar-refractivity contribution is -0.193. The molecule has 0 spiro atoms. The Balaban J connectivity index is 0. The van der Waals surface area contributed by atoms with Crippen LogP contribution in [0.25, 0.3) is 0 Å². The van der Waals surface area contributed by atoms with Crippen molar-refractivity contribution in [3.8, 4) is 0 Å². The molecule has 0 aliphatic carbocycles. The van der Waals surface area contributed by atoms with E-state index < -0.39 is 18.2 Å². The summed E-state index contributed by atoms with van der Waals surface area (Å²) < 4.78 is 10.9. The van der Waals surface area contributed by atoms with Crippen molar-refractivity contribution in [1.82, 2.24) is 0 Å². The maximum Gasteiger partial charge on any atom is 0.314 e. The molecule has 5 nitrogen and oxygen atoms in total. The first-order chi connectivity index (χ1) is 7.73. The van der Waals surface area contributed by atoms with Gasteiger partial charge in [0, 0.05) is 6.42 Å². The van der Waals surface area contributed by atoms with Crippen molar-refractivity contribution in [3.05, 3.63) is 0 Å². The van der Waals surface area contributed by atoms with Gasteiger partial charge >= 0.3 is 5.97 Å². The number of Topliss-reactive ketones (excluding diaryl/α,β-unsaturated/α-hetero) is 1. The Kier molecular flexibility index (Phi) is 10.5. The van der Waals surface area contributed by atoms with Crippen LogP contribution in [0.5, 0.6) is 0 Å². The van der Waals surface area contributed by atoms with E-state index in [1.807, 2.05) is 27.7 Å². The van der Waals surface area contributed by atoms with Crippen LogP contribution in [0, 0.1) is 5.92 Å². The van der Waals surface area contributed by atoms with E-state index in [-0.39, 0.29) is 41.8 Å². The molecule has 0 radical (unpaired) electrons. The van der Waals surface area contributed by atoms with E-state index in [1.54, 1.807) is 0 Å². The second kappa shape index (κ2) is 9.51. The van der Waals surface area contributed by atoms with Crippen LogP contribution in [0.2, 0.25) is 0 Å². The number of ketones is 1. The molecule has 106 valence electrons. The normalized spacial score (nSPS) is 12.7. The topological polar surface area (TPSA) is 72.8 Å². The average molecular weight is 276 g/mol. The molecule has 0 saturated heterocycles. The lowest BCUT2D eigenvalue weighted by atomic mass is 10.0. The lowest BCUT2D eigenvalue weighted by Gasteiger charge is -2.24. The predicted octanol–water partition coefficient (Wildman–Crippen LogP) is 0.658. The van der Waals surface area contributed by atoms with Crippen molar-refractivity contribution >= 4 is 29.1 Å². The van der Waals surface area contributed by atoms with Gasteiger partial charge in [0.25, 0.3) is 0 Å². The zero-order chi connectivity index (χ0) is 13.6. The summed E-state index contributed by atoms with van der Waals surface area (Å²) in [5, 5.41) is 8.93. The predicted molar refractivity (Wildman–Crippen MR) is 72.6 cm³/mol. The standard InChI is InChI=1S/C12H22O5.Al.3H/c1-7(2)16-11(17-8(3)4)6-10(9(5)13)12(14)15;;;;/h7-8,10-11H,6H2,1-5H3,(H,14,15);;;;. The summed E-state index contributed by atoms with van der Waals surface area (Å²) in [5.74, 6) is -2.60. The molecular weight excluding hydrogens is 251 g/mol. The van der Waals surface area contributed by atoms with Crippen LogP contribution in [-0.2, 0) is 19.1 Å². The molecule has 18 heavy (non-hydrogen) atoms. The molecular formula is C12H25AlO5. The summed E-state index contributed by atoms with van der Waals surface area (Å²) in [4.78, 5) is 22.1. The van der Waals surface area contributed by atoms with E-state index in [2.05, 4.69) is 0 Å². The van der Waals surface area contributed by atoms with Crippen LogP contribution in [-0.4, -0.2) is 52.7 Å². The Hall–Kier alpha value is -0.408. The summed E-state index contributed by atoms with van der Waals surface area (Å²) in [6, 6.07) is 0. The SMILES string of the molecule is CC(=O)C(CC(OC(C)C)OC(C)C)C(=O)O.[AlH3]. The lowest BCUT2D eigenvalue weighted by Crippen LogP contribution is -2.32. The van der Waals surface area contributed by atoms with Gasteiger partial charge in [-0.25, -0.2) is 0 Å². The maximum atomic E-state index is 11.2. The number of ether oxygens (including phenoxy) is 2. The zero-order valence-electron chi connectivity index (χ0n) is 11.1. The molecule has 0 saturated carbocycles. The molecule has 0 aromatic heterocycles. The van der Waals surface area contributed by atoms with Gasteiger partial charge in [-0.1, -0.05) is 0 Å². The van der Waals surface area contributed by atoms with Crippen molar-refractivity contribution in [2.24, 2.45) is 5.92 Å². The monoisotopic (exact) mass is 276 g/mol. The Morgan fingerprint density at radius 2 is 1.44 bits per heavy atom. The summed E-state index contributed by atoms with van der Waals surface area (Å²) in [7, 11) is 0. The second-order valence-corrected chi connectivity index (χ2v) is 4.54. The maximum absolute atomic E-state index is 11.2. The summed E-state index contributed by atoms with van der Waals surface area (Å²) in [6.45, 7) is 8.60. The highest BCUT2D eigenvalue weighted by atomic mass is 27.0. The third-order valence-corrected chi connectivity index (χ3v) is 2.06. The van der Waals surface area contributed by atoms with E-state index in [1.165, 1.54) is 6.92 Å². The van der Waals surface area contributed by atoms with Gasteiger partial charge in [0.15, 0.2) is 23.7 Å². The fourth-order valence-electron chi connectivity index (χ4n) is 1.38. The van der Waals surface area contributed by atoms with Crippen LogP contribution in [0.1, 0.15) is 41.0 Å². The number of hydrogen-bond acceptors (Lipinski definition) is 4. The van der Waals surface area contributed by atoms with E-state index in [9.17, 15) is 9.59 Å². The minimum atomic E-state index is -1.14. The van der Waals surface area contributed by atoms with Crippen LogP contribution in [0.4, 0.5) is 0 Å². The molecule has 0 amide bonds.